The Morgan fingerprint density at radius 3 is 2.62 bits per heavy atom. The smallest absolute Gasteiger partial charge is 0.270 e. The van der Waals surface area contributed by atoms with Crippen LogP contribution in [-0.4, -0.2) is 32.9 Å². The zero-order valence-corrected chi connectivity index (χ0v) is 14.1. The molecule has 1 aromatic carbocycles. The number of aromatic nitrogens is 1. The standard InChI is InChI=1S/C18H23N3O3/c1-18(2,3)21-17(24)14-11-13(8-9-19-14)20-16(23)10-12-6-4-5-7-15(12)22/h4-9,11,16,22-23H,10H2,1-3H3,(H,19,20)(H,21,24). The second kappa shape index (κ2) is 7.31. The van der Waals surface area contributed by atoms with Gasteiger partial charge in [0.2, 0.25) is 0 Å². The molecule has 6 heteroatoms. The monoisotopic (exact) mass is 329 g/mol. The average Bonchev–Trinajstić information content (AvgIpc) is 2.48. The van der Waals surface area contributed by atoms with E-state index in [0.717, 1.165) is 0 Å². The molecule has 1 aromatic heterocycles. The maximum absolute atomic E-state index is 12.1. The van der Waals surface area contributed by atoms with Crippen LogP contribution in [0.4, 0.5) is 5.69 Å². The van der Waals surface area contributed by atoms with Gasteiger partial charge in [-0.2, -0.15) is 0 Å². The van der Waals surface area contributed by atoms with Crippen LogP contribution < -0.4 is 10.6 Å². The highest BCUT2D eigenvalue weighted by atomic mass is 16.3. The van der Waals surface area contributed by atoms with Gasteiger partial charge in [-0.1, -0.05) is 18.2 Å². The predicted octanol–water partition coefficient (Wildman–Crippen LogP) is 2.29. The lowest BCUT2D eigenvalue weighted by molar-refractivity contribution is 0.0914. The number of para-hydroxylation sites is 1. The average molecular weight is 329 g/mol. The van der Waals surface area contributed by atoms with Crippen LogP contribution in [0, 0.1) is 0 Å². The Morgan fingerprint density at radius 1 is 1.25 bits per heavy atom. The highest BCUT2D eigenvalue weighted by Gasteiger charge is 2.17. The lowest BCUT2D eigenvalue weighted by atomic mass is 10.1. The van der Waals surface area contributed by atoms with Gasteiger partial charge in [0, 0.05) is 23.8 Å². The second-order valence-electron chi connectivity index (χ2n) is 6.63. The number of aliphatic hydroxyl groups excluding tert-OH is 1. The summed E-state index contributed by atoms with van der Waals surface area (Å²) in [7, 11) is 0. The summed E-state index contributed by atoms with van der Waals surface area (Å²) in [6.07, 6.45) is 0.838. The quantitative estimate of drug-likeness (QED) is 0.632. The Bertz CT molecular complexity index is 711. The maximum Gasteiger partial charge on any atom is 0.270 e. The molecule has 1 amide bonds. The number of phenols is 1. The summed E-state index contributed by atoms with van der Waals surface area (Å²) in [6.45, 7) is 5.68. The highest BCUT2D eigenvalue weighted by Crippen LogP contribution is 2.18. The number of anilines is 1. The van der Waals surface area contributed by atoms with Crippen molar-refractivity contribution < 1.29 is 15.0 Å². The molecule has 1 unspecified atom stereocenters. The molecule has 0 saturated carbocycles. The van der Waals surface area contributed by atoms with Crippen molar-refractivity contribution in [3.63, 3.8) is 0 Å². The van der Waals surface area contributed by atoms with E-state index in [0.29, 0.717) is 11.3 Å². The summed E-state index contributed by atoms with van der Waals surface area (Å²) in [6, 6.07) is 10.1. The first-order valence-corrected chi connectivity index (χ1v) is 7.74. The molecule has 0 saturated heterocycles. The number of phenolic OH excluding ortho intramolecular Hbond substituents is 1. The van der Waals surface area contributed by atoms with Crippen LogP contribution in [-0.2, 0) is 6.42 Å². The number of aromatic hydroxyl groups is 1. The maximum atomic E-state index is 12.1. The Morgan fingerprint density at radius 2 is 1.96 bits per heavy atom. The molecule has 0 bridgehead atoms. The minimum absolute atomic E-state index is 0.137. The number of rotatable bonds is 5. The van der Waals surface area contributed by atoms with Crippen LogP contribution in [0.5, 0.6) is 5.75 Å². The van der Waals surface area contributed by atoms with Gasteiger partial charge in [0.1, 0.15) is 17.7 Å². The number of nitrogens with one attached hydrogen (secondary N) is 2. The minimum Gasteiger partial charge on any atom is -0.508 e. The van der Waals surface area contributed by atoms with Crippen LogP contribution in [0.3, 0.4) is 0 Å². The fourth-order valence-corrected chi connectivity index (χ4v) is 2.18. The zero-order chi connectivity index (χ0) is 17.7. The number of benzene rings is 1. The molecule has 128 valence electrons. The number of nitrogens with zero attached hydrogens (tertiary/aromatic N) is 1. The van der Waals surface area contributed by atoms with Crippen LogP contribution in [0.25, 0.3) is 0 Å². The predicted molar refractivity (Wildman–Crippen MR) is 92.9 cm³/mol. The van der Waals surface area contributed by atoms with Crippen LogP contribution in [0.1, 0.15) is 36.8 Å². The van der Waals surface area contributed by atoms with Gasteiger partial charge in [0.15, 0.2) is 0 Å². The van der Waals surface area contributed by atoms with E-state index in [-0.39, 0.29) is 29.3 Å². The third kappa shape index (κ3) is 5.24. The molecule has 2 rings (SSSR count). The van der Waals surface area contributed by atoms with Gasteiger partial charge < -0.3 is 20.8 Å². The molecular weight excluding hydrogens is 306 g/mol. The Labute approximate surface area is 141 Å². The van der Waals surface area contributed by atoms with Gasteiger partial charge in [-0.3, -0.25) is 9.78 Å². The molecule has 0 radical (unpaired) electrons. The molecule has 0 aliphatic heterocycles. The fraction of sp³-hybridized carbons (Fsp3) is 0.333. The van der Waals surface area contributed by atoms with Crippen molar-refractivity contribution in [3.8, 4) is 5.75 Å². The summed E-state index contributed by atoms with van der Waals surface area (Å²) < 4.78 is 0. The van der Waals surface area contributed by atoms with Crippen LogP contribution in [0.15, 0.2) is 42.6 Å². The molecule has 2 aromatic rings. The second-order valence-corrected chi connectivity index (χ2v) is 6.63. The van der Waals surface area contributed by atoms with Gasteiger partial charge in [0.05, 0.1) is 0 Å². The third-order valence-corrected chi connectivity index (χ3v) is 3.22. The Kier molecular flexibility index (Phi) is 5.41. The van der Waals surface area contributed by atoms with Crippen molar-refractivity contribution in [3.05, 3.63) is 53.9 Å². The van der Waals surface area contributed by atoms with E-state index in [9.17, 15) is 15.0 Å². The van der Waals surface area contributed by atoms with E-state index >= 15 is 0 Å². The number of carbonyl (C=O) groups excluding carboxylic acids is 1. The molecule has 1 heterocycles. The van der Waals surface area contributed by atoms with E-state index < -0.39 is 6.23 Å². The summed E-state index contributed by atoms with van der Waals surface area (Å²) in [5.41, 5.74) is 1.13. The van der Waals surface area contributed by atoms with Crippen LogP contribution >= 0.6 is 0 Å². The van der Waals surface area contributed by atoms with Crippen molar-refractivity contribution in [1.82, 2.24) is 10.3 Å². The van der Waals surface area contributed by atoms with Gasteiger partial charge >= 0.3 is 0 Å². The first-order chi connectivity index (χ1) is 11.2. The Hall–Kier alpha value is -2.60. The molecule has 1 atom stereocenters. The number of aliphatic hydroxyl groups is 1. The summed E-state index contributed by atoms with van der Waals surface area (Å²) in [4.78, 5) is 16.2. The number of pyridine rings is 1. The van der Waals surface area contributed by atoms with Crippen molar-refractivity contribution in [1.29, 1.82) is 0 Å². The lowest BCUT2D eigenvalue weighted by Gasteiger charge is -2.20. The van der Waals surface area contributed by atoms with Gasteiger partial charge in [0.25, 0.3) is 5.91 Å². The highest BCUT2D eigenvalue weighted by molar-refractivity contribution is 5.93. The summed E-state index contributed by atoms with van der Waals surface area (Å²) in [5.74, 6) is -0.139. The third-order valence-electron chi connectivity index (χ3n) is 3.22. The molecular formula is C18H23N3O3. The van der Waals surface area contributed by atoms with Crippen molar-refractivity contribution >= 4 is 11.6 Å². The van der Waals surface area contributed by atoms with E-state index in [4.69, 9.17) is 0 Å². The molecule has 0 aliphatic rings. The molecule has 6 nitrogen and oxygen atoms in total. The molecule has 24 heavy (non-hydrogen) atoms. The van der Waals surface area contributed by atoms with E-state index in [1.165, 1.54) is 6.20 Å². The molecule has 0 fully saturated rings. The van der Waals surface area contributed by atoms with Crippen molar-refractivity contribution in [2.45, 2.75) is 39.0 Å². The number of amides is 1. The first-order valence-electron chi connectivity index (χ1n) is 7.74. The van der Waals surface area contributed by atoms with E-state index in [2.05, 4.69) is 15.6 Å². The van der Waals surface area contributed by atoms with E-state index in [1.807, 2.05) is 20.8 Å². The number of hydrogen-bond acceptors (Lipinski definition) is 5. The first kappa shape index (κ1) is 17.7. The number of carbonyl (C=O) groups is 1. The van der Waals surface area contributed by atoms with Gasteiger partial charge in [-0.15, -0.1) is 0 Å². The number of hydrogen-bond donors (Lipinski definition) is 4. The topological polar surface area (TPSA) is 94.5 Å². The van der Waals surface area contributed by atoms with Crippen LogP contribution in [0.2, 0.25) is 0 Å². The Balaban J connectivity index is 2.04. The SMILES string of the molecule is CC(C)(C)NC(=O)c1cc(NC(O)Cc2ccccc2O)ccn1. The molecule has 0 spiro atoms. The molecule has 4 N–H and O–H groups in total. The molecule has 0 aliphatic carbocycles. The van der Waals surface area contributed by atoms with Crippen molar-refractivity contribution in [2.75, 3.05) is 5.32 Å². The van der Waals surface area contributed by atoms with Crippen molar-refractivity contribution in [2.24, 2.45) is 0 Å². The lowest BCUT2D eigenvalue weighted by Crippen LogP contribution is -2.40. The minimum atomic E-state index is -0.903. The van der Waals surface area contributed by atoms with Gasteiger partial charge in [-0.25, -0.2) is 0 Å². The van der Waals surface area contributed by atoms with Gasteiger partial charge in [-0.05, 0) is 44.5 Å². The zero-order valence-electron chi connectivity index (χ0n) is 14.1. The summed E-state index contributed by atoms with van der Waals surface area (Å²) in [5, 5.41) is 25.6. The fourth-order valence-electron chi connectivity index (χ4n) is 2.18. The summed E-state index contributed by atoms with van der Waals surface area (Å²) >= 11 is 0. The van der Waals surface area contributed by atoms with E-state index in [1.54, 1.807) is 36.4 Å². The largest absolute Gasteiger partial charge is 0.508 e. The normalized spacial score (nSPS) is 12.5.